The summed E-state index contributed by atoms with van der Waals surface area (Å²) >= 11 is 0. The van der Waals surface area contributed by atoms with Crippen molar-refractivity contribution in [2.75, 3.05) is 0 Å². The van der Waals surface area contributed by atoms with Gasteiger partial charge in [0.2, 0.25) is 0 Å². The molecule has 4 heteroatoms. The predicted octanol–water partition coefficient (Wildman–Crippen LogP) is 4.51. The second-order valence-electron chi connectivity index (χ2n) is 6.30. The summed E-state index contributed by atoms with van der Waals surface area (Å²) in [7, 11) is 0. The van der Waals surface area contributed by atoms with Crippen molar-refractivity contribution < 1.29 is 0 Å². The van der Waals surface area contributed by atoms with Crippen LogP contribution in [0.25, 0.3) is 27.7 Å². The Morgan fingerprint density at radius 3 is 2.62 bits per heavy atom. The maximum atomic E-state index is 4.64. The second kappa shape index (κ2) is 5.71. The molecule has 0 fully saturated rings. The highest BCUT2D eigenvalue weighted by Gasteiger charge is 2.13. The Bertz CT molecular complexity index is 1050. The summed E-state index contributed by atoms with van der Waals surface area (Å²) in [5.74, 6) is 0. The third-order valence-electron chi connectivity index (χ3n) is 4.45. The summed E-state index contributed by atoms with van der Waals surface area (Å²) in [6, 6.07) is 6.47. The smallest absolute Gasteiger partial charge is 0.145 e. The van der Waals surface area contributed by atoms with Crippen molar-refractivity contribution in [3.63, 3.8) is 0 Å². The molecule has 4 nitrogen and oxygen atoms in total. The second-order valence-corrected chi connectivity index (χ2v) is 6.30. The summed E-state index contributed by atoms with van der Waals surface area (Å²) in [4.78, 5) is 13.7. The number of pyridine rings is 3. The molecule has 0 bridgehead atoms. The van der Waals surface area contributed by atoms with Gasteiger partial charge in [-0.25, -0.2) is 4.98 Å². The molecule has 4 rings (SSSR count). The zero-order valence-corrected chi connectivity index (χ0v) is 14.2. The fourth-order valence-electron chi connectivity index (χ4n) is 3.28. The van der Waals surface area contributed by atoms with Crippen molar-refractivity contribution in [1.82, 2.24) is 19.4 Å². The van der Waals surface area contributed by atoms with Gasteiger partial charge in [-0.05, 0) is 44.0 Å². The highest BCUT2D eigenvalue weighted by atomic mass is 15.0. The van der Waals surface area contributed by atoms with Crippen LogP contribution in [0.4, 0.5) is 0 Å². The molecule has 0 aliphatic carbocycles. The summed E-state index contributed by atoms with van der Waals surface area (Å²) in [6.07, 6.45) is 9.90. The van der Waals surface area contributed by atoms with E-state index >= 15 is 0 Å². The van der Waals surface area contributed by atoms with E-state index in [-0.39, 0.29) is 0 Å². The van der Waals surface area contributed by atoms with Crippen LogP contribution in [0, 0.1) is 13.8 Å². The first-order valence-corrected chi connectivity index (χ1v) is 8.35. The van der Waals surface area contributed by atoms with Crippen LogP contribution in [-0.2, 0) is 6.42 Å². The predicted molar refractivity (Wildman–Crippen MR) is 97.2 cm³/mol. The Kier molecular flexibility index (Phi) is 3.53. The van der Waals surface area contributed by atoms with Crippen molar-refractivity contribution in [3.05, 3.63) is 59.9 Å². The number of hydrogen-bond acceptors (Lipinski definition) is 3. The minimum atomic E-state index is 0.959. The maximum Gasteiger partial charge on any atom is 0.145 e. The topological polar surface area (TPSA) is 43.1 Å². The van der Waals surface area contributed by atoms with Gasteiger partial charge in [0, 0.05) is 52.7 Å². The monoisotopic (exact) mass is 316 g/mol. The van der Waals surface area contributed by atoms with E-state index in [0.717, 1.165) is 51.9 Å². The largest absolute Gasteiger partial charge is 0.299 e. The minimum absolute atomic E-state index is 0.959. The average molecular weight is 316 g/mol. The van der Waals surface area contributed by atoms with Gasteiger partial charge in [0.1, 0.15) is 5.65 Å². The number of rotatable bonds is 3. The van der Waals surface area contributed by atoms with Crippen LogP contribution in [0.2, 0.25) is 0 Å². The van der Waals surface area contributed by atoms with E-state index in [9.17, 15) is 0 Å². The van der Waals surface area contributed by atoms with Gasteiger partial charge < -0.3 is 0 Å². The highest BCUT2D eigenvalue weighted by Crippen LogP contribution is 2.30. The highest BCUT2D eigenvalue weighted by molar-refractivity contribution is 5.92. The van der Waals surface area contributed by atoms with Gasteiger partial charge >= 0.3 is 0 Å². The number of aromatic nitrogens is 4. The Hall–Kier alpha value is -2.75. The molecule has 0 unspecified atom stereocenters. The molecule has 0 saturated heterocycles. The van der Waals surface area contributed by atoms with E-state index < -0.39 is 0 Å². The SMILES string of the molecule is CCCc1cc(C)c(-c2cc3cnc(C)cc3n3ccnc23)cn1. The summed E-state index contributed by atoms with van der Waals surface area (Å²) in [6.45, 7) is 6.33. The molecule has 120 valence electrons. The molecule has 0 radical (unpaired) electrons. The molecule has 0 amide bonds. The molecule has 4 aromatic heterocycles. The Morgan fingerprint density at radius 1 is 0.958 bits per heavy atom. The van der Waals surface area contributed by atoms with E-state index in [2.05, 4.69) is 51.4 Å². The van der Waals surface area contributed by atoms with E-state index in [0.29, 0.717) is 0 Å². The lowest BCUT2D eigenvalue weighted by Gasteiger charge is -2.12. The lowest BCUT2D eigenvalue weighted by Crippen LogP contribution is -1.97. The van der Waals surface area contributed by atoms with Crippen molar-refractivity contribution in [2.45, 2.75) is 33.6 Å². The molecular formula is C20H20N4. The van der Waals surface area contributed by atoms with Crippen molar-refractivity contribution >= 4 is 16.6 Å². The molecule has 0 aliphatic heterocycles. The van der Waals surface area contributed by atoms with Crippen LogP contribution >= 0.6 is 0 Å². The average Bonchev–Trinajstić information content (AvgIpc) is 3.05. The minimum Gasteiger partial charge on any atom is -0.299 e. The van der Waals surface area contributed by atoms with Crippen molar-refractivity contribution in [2.24, 2.45) is 0 Å². The third-order valence-corrected chi connectivity index (χ3v) is 4.45. The molecule has 4 heterocycles. The van der Waals surface area contributed by atoms with Crippen LogP contribution in [0.1, 0.15) is 30.3 Å². The van der Waals surface area contributed by atoms with Crippen LogP contribution in [-0.4, -0.2) is 19.4 Å². The zero-order valence-electron chi connectivity index (χ0n) is 14.2. The first kappa shape index (κ1) is 14.8. The Balaban J connectivity index is 1.99. The first-order chi connectivity index (χ1) is 11.7. The fraction of sp³-hybridized carbons (Fsp3) is 0.250. The van der Waals surface area contributed by atoms with Crippen LogP contribution in [0.3, 0.4) is 0 Å². The van der Waals surface area contributed by atoms with Crippen molar-refractivity contribution in [3.8, 4) is 11.1 Å². The number of imidazole rings is 1. The van der Waals surface area contributed by atoms with Gasteiger partial charge in [0.15, 0.2) is 0 Å². The van der Waals surface area contributed by atoms with E-state index in [4.69, 9.17) is 0 Å². The Labute approximate surface area is 141 Å². The first-order valence-electron chi connectivity index (χ1n) is 8.35. The van der Waals surface area contributed by atoms with Gasteiger partial charge in [0.05, 0.1) is 5.52 Å². The maximum absolute atomic E-state index is 4.64. The molecule has 0 atom stereocenters. The molecule has 0 N–H and O–H groups in total. The molecule has 0 aliphatic rings. The number of hydrogen-bond donors (Lipinski definition) is 0. The van der Waals surface area contributed by atoms with Crippen LogP contribution in [0.5, 0.6) is 0 Å². The molecular weight excluding hydrogens is 296 g/mol. The quantitative estimate of drug-likeness (QED) is 0.558. The van der Waals surface area contributed by atoms with Gasteiger partial charge in [-0.15, -0.1) is 0 Å². The van der Waals surface area contributed by atoms with Crippen molar-refractivity contribution in [1.29, 1.82) is 0 Å². The lowest BCUT2D eigenvalue weighted by molar-refractivity contribution is 0.881. The summed E-state index contributed by atoms with van der Waals surface area (Å²) < 4.78 is 2.14. The molecule has 24 heavy (non-hydrogen) atoms. The summed E-state index contributed by atoms with van der Waals surface area (Å²) in [5, 5.41) is 1.11. The molecule has 0 saturated carbocycles. The van der Waals surface area contributed by atoms with E-state index in [1.807, 2.05) is 31.7 Å². The molecule has 0 aromatic carbocycles. The van der Waals surface area contributed by atoms with E-state index in [1.165, 1.54) is 5.56 Å². The lowest BCUT2D eigenvalue weighted by atomic mass is 10.0. The number of nitrogens with zero attached hydrogens (tertiary/aromatic N) is 4. The normalized spacial score (nSPS) is 11.5. The number of fused-ring (bicyclic) bond motifs is 3. The number of aryl methyl sites for hydroxylation is 3. The fourth-order valence-corrected chi connectivity index (χ4v) is 3.28. The van der Waals surface area contributed by atoms with Crippen LogP contribution < -0.4 is 0 Å². The van der Waals surface area contributed by atoms with Gasteiger partial charge in [-0.2, -0.15) is 0 Å². The summed E-state index contributed by atoms with van der Waals surface area (Å²) in [5.41, 5.74) is 7.72. The third kappa shape index (κ3) is 2.35. The van der Waals surface area contributed by atoms with Gasteiger partial charge in [-0.1, -0.05) is 13.3 Å². The van der Waals surface area contributed by atoms with Gasteiger partial charge in [-0.3, -0.25) is 14.4 Å². The van der Waals surface area contributed by atoms with Gasteiger partial charge in [0.25, 0.3) is 0 Å². The Morgan fingerprint density at radius 2 is 1.83 bits per heavy atom. The molecule has 4 aromatic rings. The zero-order chi connectivity index (χ0) is 16.7. The van der Waals surface area contributed by atoms with Crippen LogP contribution in [0.15, 0.2) is 43.0 Å². The standard InChI is InChI=1S/C20H20N4/c1-4-5-16-8-13(2)18(12-23-16)17-10-15-11-22-14(3)9-19(15)24-7-6-21-20(17)24/h6-12H,4-5H2,1-3H3. The van der Waals surface area contributed by atoms with E-state index in [1.54, 1.807) is 0 Å². The molecule has 0 spiro atoms.